The van der Waals surface area contributed by atoms with Crippen molar-refractivity contribution in [3.63, 3.8) is 0 Å². The maximum atomic E-state index is 15.4. The Bertz CT molecular complexity index is 1250. The fraction of sp³-hybridized carbons (Fsp3) is 0.333. The van der Waals surface area contributed by atoms with Crippen LogP contribution in [0.15, 0.2) is 76.4 Å². The Morgan fingerprint density at radius 3 is 2.17 bits per heavy atom. The molecule has 9 nitrogen and oxygen atoms in total. The summed E-state index contributed by atoms with van der Waals surface area (Å²) in [5, 5.41) is 0. The van der Waals surface area contributed by atoms with Crippen molar-refractivity contribution in [2.45, 2.75) is 45.1 Å². The smallest absolute Gasteiger partial charge is 0.320 e. The largest absolute Gasteiger partial charge is 0.475 e. The zero-order chi connectivity index (χ0) is 24.9. The maximum absolute atomic E-state index is 15.4. The number of phosphoric ester groups is 1. The van der Waals surface area contributed by atoms with Gasteiger partial charge in [-0.25, -0.2) is 13.8 Å². The molecule has 2 atom stereocenters. The lowest BCUT2D eigenvalue weighted by molar-refractivity contribution is -0.176. The minimum Gasteiger partial charge on any atom is -0.320 e. The highest BCUT2D eigenvalue weighted by molar-refractivity contribution is 7.48. The molecule has 1 aromatic heterocycles. The first-order chi connectivity index (χ1) is 16.8. The second kappa shape index (κ2) is 10.8. The minimum atomic E-state index is -4.20. The van der Waals surface area contributed by atoms with E-state index in [4.69, 9.17) is 18.3 Å². The van der Waals surface area contributed by atoms with Crippen molar-refractivity contribution < 1.29 is 27.3 Å². The van der Waals surface area contributed by atoms with Crippen LogP contribution in [0, 0.1) is 6.92 Å². The SMILES string of the molecule is Cc1cn([C@H]2CC[C@@](F)(COP(=O)(OCc3ccccc3)OCc3ccccc3)O2)c(=O)[nH]c1=O. The average Bonchev–Trinajstić information content (AvgIpc) is 3.26. The van der Waals surface area contributed by atoms with Gasteiger partial charge in [0.2, 0.25) is 5.85 Å². The molecule has 3 aromatic rings. The van der Waals surface area contributed by atoms with Gasteiger partial charge in [0, 0.05) is 18.2 Å². The summed E-state index contributed by atoms with van der Waals surface area (Å²) in [5.74, 6) is -2.34. The monoisotopic (exact) mass is 504 g/mol. The number of alkyl halides is 1. The van der Waals surface area contributed by atoms with Crippen molar-refractivity contribution in [2.24, 2.45) is 0 Å². The molecule has 0 bridgehead atoms. The lowest BCUT2D eigenvalue weighted by Gasteiger charge is -2.24. The van der Waals surface area contributed by atoms with E-state index in [9.17, 15) is 14.2 Å². The summed E-state index contributed by atoms with van der Waals surface area (Å²) in [7, 11) is -4.20. The van der Waals surface area contributed by atoms with Crippen LogP contribution < -0.4 is 11.2 Å². The third-order valence-electron chi connectivity index (χ3n) is 5.47. The summed E-state index contributed by atoms with van der Waals surface area (Å²) in [5.41, 5.74) is 0.526. The number of aromatic amines is 1. The molecule has 0 spiro atoms. The molecule has 11 heteroatoms. The number of aromatic nitrogens is 2. The predicted octanol–water partition coefficient (Wildman–Crippen LogP) is 4.38. The molecule has 1 N–H and O–H groups in total. The topological polar surface area (TPSA) is 109 Å². The van der Waals surface area contributed by atoms with Crippen LogP contribution in [0.1, 0.15) is 35.8 Å². The number of benzene rings is 2. The normalized spacial score (nSPS) is 20.2. The van der Waals surface area contributed by atoms with E-state index in [1.54, 1.807) is 48.5 Å². The molecular weight excluding hydrogens is 478 g/mol. The van der Waals surface area contributed by atoms with Crippen LogP contribution in [0.5, 0.6) is 0 Å². The molecule has 35 heavy (non-hydrogen) atoms. The number of halogens is 1. The fourth-order valence-corrected chi connectivity index (χ4v) is 4.73. The average molecular weight is 504 g/mol. The lowest BCUT2D eigenvalue weighted by Crippen LogP contribution is -2.35. The molecule has 1 aliphatic rings. The number of rotatable bonds is 10. The molecule has 2 heterocycles. The second-order valence-electron chi connectivity index (χ2n) is 8.21. The summed E-state index contributed by atoms with van der Waals surface area (Å²) in [6.07, 6.45) is 0.377. The van der Waals surface area contributed by atoms with Gasteiger partial charge in [-0.15, -0.1) is 0 Å². The molecule has 1 saturated heterocycles. The molecular formula is C24H26FN2O7P. The van der Waals surface area contributed by atoms with E-state index in [0.29, 0.717) is 0 Å². The summed E-state index contributed by atoms with van der Waals surface area (Å²) in [6, 6.07) is 18.0. The first kappa shape index (κ1) is 25.2. The van der Waals surface area contributed by atoms with Gasteiger partial charge in [0.05, 0.1) is 13.2 Å². The van der Waals surface area contributed by atoms with Crippen molar-refractivity contribution in [1.82, 2.24) is 9.55 Å². The van der Waals surface area contributed by atoms with Gasteiger partial charge in [-0.05, 0) is 24.5 Å². The van der Waals surface area contributed by atoms with Gasteiger partial charge in [-0.2, -0.15) is 0 Å². The Balaban J connectivity index is 1.44. The van der Waals surface area contributed by atoms with E-state index in [-0.39, 0.29) is 31.6 Å². The first-order valence-electron chi connectivity index (χ1n) is 11.1. The minimum absolute atomic E-state index is 0.0677. The highest BCUT2D eigenvalue weighted by atomic mass is 31.2. The van der Waals surface area contributed by atoms with E-state index in [1.807, 2.05) is 12.1 Å². The van der Waals surface area contributed by atoms with Gasteiger partial charge in [-0.1, -0.05) is 60.7 Å². The molecule has 4 rings (SSSR count). The molecule has 0 radical (unpaired) electrons. The second-order valence-corrected chi connectivity index (χ2v) is 9.88. The van der Waals surface area contributed by atoms with E-state index >= 15 is 4.39 Å². The number of aryl methyl sites for hydroxylation is 1. The third-order valence-corrected chi connectivity index (χ3v) is 6.81. The molecule has 2 aromatic carbocycles. The van der Waals surface area contributed by atoms with E-state index < -0.39 is 37.8 Å². The zero-order valence-electron chi connectivity index (χ0n) is 19.1. The van der Waals surface area contributed by atoms with Crippen LogP contribution in [-0.4, -0.2) is 22.0 Å². The number of phosphoric acid groups is 1. The van der Waals surface area contributed by atoms with Crippen molar-refractivity contribution in [3.05, 3.63) is 104 Å². The van der Waals surface area contributed by atoms with Crippen LogP contribution in [0.2, 0.25) is 0 Å². The van der Waals surface area contributed by atoms with Crippen LogP contribution in [0.4, 0.5) is 4.39 Å². The Morgan fingerprint density at radius 1 is 1.03 bits per heavy atom. The van der Waals surface area contributed by atoms with Gasteiger partial charge < -0.3 is 4.74 Å². The number of nitrogens with zero attached hydrogens (tertiary/aromatic N) is 1. The molecule has 1 aliphatic heterocycles. The Labute approximate surface area is 201 Å². The van der Waals surface area contributed by atoms with Crippen LogP contribution in [0.25, 0.3) is 0 Å². The summed E-state index contributed by atoms with van der Waals surface area (Å²) in [6.45, 7) is 0.658. The van der Waals surface area contributed by atoms with E-state index in [0.717, 1.165) is 15.7 Å². The summed E-state index contributed by atoms with van der Waals surface area (Å²) in [4.78, 5) is 25.9. The summed E-state index contributed by atoms with van der Waals surface area (Å²) >= 11 is 0. The quantitative estimate of drug-likeness (QED) is 0.408. The van der Waals surface area contributed by atoms with Gasteiger partial charge in [0.25, 0.3) is 5.56 Å². The van der Waals surface area contributed by atoms with Crippen molar-refractivity contribution in [1.29, 1.82) is 0 Å². The van der Waals surface area contributed by atoms with E-state index in [2.05, 4.69) is 4.98 Å². The summed E-state index contributed by atoms with van der Waals surface area (Å²) < 4.78 is 51.8. The molecule has 186 valence electrons. The third kappa shape index (κ3) is 6.62. The Kier molecular flexibility index (Phi) is 7.78. The number of nitrogens with one attached hydrogen (secondary N) is 1. The van der Waals surface area contributed by atoms with Crippen LogP contribution in [-0.2, 0) is 36.1 Å². The number of hydrogen-bond donors (Lipinski definition) is 1. The standard InChI is InChI=1S/C24H26FN2O7P/c1-18-14-27(23(29)26-22(18)28)21-12-13-24(25,34-21)17-33-35(30,31-15-19-8-4-2-5-9-19)32-16-20-10-6-3-7-11-20/h2-11,14,21H,12-13,15-17H2,1H3,(H,26,28,29)/t21-,24+/m1/s1. The fourth-order valence-electron chi connectivity index (χ4n) is 3.55. The number of hydrogen-bond acceptors (Lipinski definition) is 7. The van der Waals surface area contributed by atoms with Crippen molar-refractivity contribution in [2.75, 3.05) is 6.61 Å². The van der Waals surface area contributed by atoms with Crippen molar-refractivity contribution >= 4 is 7.82 Å². The lowest BCUT2D eigenvalue weighted by atomic mass is 10.2. The first-order valence-corrected chi connectivity index (χ1v) is 12.5. The molecule has 0 unspecified atom stereocenters. The Hall–Kier alpha value is -2.88. The highest BCUT2D eigenvalue weighted by Gasteiger charge is 2.44. The van der Waals surface area contributed by atoms with Crippen molar-refractivity contribution in [3.8, 4) is 0 Å². The zero-order valence-corrected chi connectivity index (χ0v) is 20.0. The van der Waals surface area contributed by atoms with Gasteiger partial charge >= 0.3 is 13.5 Å². The Morgan fingerprint density at radius 2 is 1.60 bits per heavy atom. The van der Waals surface area contributed by atoms with Crippen LogP contribution in [0.3, 0.4) is 0 Å². The molecule has 0 aliphatic carbocycles. The highest BCUT2D eigenvalue weighted by Crippen LogP contribution is 2.52. The predicted molar refractivity (Wildman–Crippen MR) is 125 cm³/mol. The van der Waals surface area contributed by atoms with Gasteiger partial charge in [-0.3, -0.25) is 27.9 Å². The maximum Gasteiger partial charge on any atom is 0.475 e. The van der Waals surface area contributed by atoms with Crippen LogP contribution >= 0.6 is 7.82 Å². The number of H-pyrrole nitrogens is 1. The molecule has 0 saturated carbocycles. The molecule has 1 fully saturated rings. The van der Waals surface area contributed by atoms with Gasteiger partial charge in [0.15, 0.2) is 0 Å². The van der Waals surface area contributed by atoms with E-state index in [1.165, 1.54) is 13.1 Å². The number of ether oxygens (including phenoxy) is 1. The van der Waals surface area contributed by atoms with Gasteiger partial charge in [0.1, 0.15) is 12.8 Å². The molecule has 0 amide bonds.